The zero-order chi connectivity index (χ0) is 12.5. The monoisotopic (exact) mass is 263 g/mol. The molecule has 2 nitrogen and oxygen atoms in total. The van der Waals surface area contributed by atoms with Crippen LogP contribution in [0.4, 0.5) is 0 Å². The maximum Gasteiger partial charge on any atom is 0.226 e. The summed E-state index contributed by atoms with van der Waals surface area (Å²) in [4.78, 5) is 14.4. The third-order valence-corrected chi connectivity index (χ3v) is 4.10. The fraction of sp³-hybridized carbons (Fsp3) is 0.533. The number of nitrogens with zero attached hydrogens (tertiary/aromatic N) is 1. The van der Waals surface area contributed by atoms with Crippen molar-refractivity contribution in [2.75, 3.05) is 12.4 Å². The fourth-order valence-corrected chi connectivity index (χ4v) is 2.88. The van der Waals surface area contributed by atoms with E-state index in [4.69, 9.17) is 11.6 Å². The van der Waals surface area contributed by atoms with Crippen molar-refractivity contribution >= 4 is 17.5 Å². The minimum Gasteiger partial charge on any atom is -0.338 e. The third kappa shape index (κ3) is 2.39. The summed E-state index contributed by atoms with van der Waals surface area (Å²) in [5.74, 6) is 1.52. The van der Waals surface area contributed by atoms with Gasteiger partial charge in [-0.2, -0.15) is 0 Å². The number of halogens is 1. The van der Waals surface area contributed by atoms with Crippen LogP contribution >= 0.6 is 11.6 Å². The lowest BCUT2D eigenvalue weighted by atomic mass is 10.1. The first kappa shape index (κ1) is 12.0. The Labute approximate surface area is 113 Å². The van der Waals surface area contributed by atoms with Crippen molar-refractivity contribution in [2.24, 2.45) is 5.92 Å². The molecule has 0 aliphatic heterocycles. The molecule has 18 heavy (non-hydrogen) atoms. The van der Waals surface area contributed by atoms with Crippen molar-refractivity contribution in [3.8, 4) is 0 Å². The first-order valence-corrected chi connectivity index (χ1v) is 7.26. The molecular weight excluding hydrogens is 246 g/mol. The molecule has 2 fully saturated rings. The van der Waals surface area contributed by atoms with E-state index in [2.05, 4.69) is 12.1 Å². The van der Waals surface area contributed by atoms with Gasteiger partial charge in [-0.25, -0.2) is 0 Å². The van der Waals surface area contributed by atoms with Gasteiger partial charge in [0.25, 0.3) is 0 Å². The van der Waals surface area contributed by atoms with E-state index in [9.17, 15) is 4.79 Å². The van der Waals surface area contributed by atoms with Gasteiger partial charge in [-0.3, -0.25) is 4.79 Å². The zero-order valence-electron chi connectivity index (χ0n) is 10.4. The van der Waals surface area contributed by atoms with Gasteiger partial charge in [0.15, 0.2) is 0 Å². The van der Waals surface area contributed by atoms with E-state index in [0.717, 1.165) is 19.3 Å². The third-order valence-electron chi connectivity index (χ3n) is 3.93. The van der Waals surface area contributed by atoms with Crippen LogP contribution in [0, 0.1) is 5.92 Å². The van der Waals surface area contributed by atoms with Crippen LogP contribution in [0.1, 0.15) is 30.7 Å². The molecule has 2 aliphatic carbocycles. The lowest BCUT2D eigenvalue weighted by molar-refractivity contribution is -0.133. The Balaban J connectivity index is 1.64. The summed E-state index contributed by atoms with van der Waals surface area (Å²) in [7, 11) is 0. The van der Waals surface area contributed by atoms with Crippen LogP contribution in [0.3, 0.4) is 0 Å². The van der Waals surface area contributed by atoms with Gasteiger partial charge in [0, 0.05) is 24.4 Å². The van der Waals surface area contributed by atoms with Crippen molar-refractivity contribution in [1.29, 1.82) is 0 Å². The van der Waals surface area contributed by atoms with E-state index in [-0.39, 0.29) is 5.92 Å². The molecule has 1 amide bonds. The van der Waals surface area contributed by atoms with Crippen LogP contribution in [0.2, 0.25) is 0 Å². The van der Waals surface area contributed by atoms with Crippen LogP contribution in [-0.4, -0.2) is 29.3 Å². The van der Waals surface area contributed by atoms with Crippen molar-refractivity contribution in [2.45, 2.75) is 31.2 Å². The van der Waals surface area contributed by atoms with E-state index in [0.29, 0.717) is 30.3 Å². The van der Waals surface area contributed by atoms with Crippen molar-refractivity contribution in [3.63, 3.8) is 0 Å². The van der Waals surface area contributed by atoms with Gasteiger partial charge < -0.3 is 4.90 Å². The first-order valence-electron chi connectivity index (χ1n) is 6.72. The van der Waals surface area contributed by atoms with Crippen molar-refractivity contribution in [3.05, 3.63) is 35.9 Å². The number of alkyl halides is 1. The maximum absolute atomic E-state index is 12.4. The Bertz CT molecular complexity index is 429. The average Bonchev–Trinajstić information content (AvgIpc) is 3.29. The average molecular weight is 264 g/mol. The molecule has 0 bridgehead atoms. The van der Waals surface area contributed by atoms with E-state index in [1.54, 1.807) is 0 Å². The number of carbonyl (C=O) groups is 1. The Morgan fingerprint density at radius 3 is 2.61 bits per heavy atom. The summed E-state index contributed by atoms with van der Waals surface area (Å²) in [6.07, 6.45) is 3.32. The summed E-state index contributed by atoms with van der Waals surface area (Å²) in [6.45, 7) is 0.711. The highest BCUT2D eigenvalue weighted by molar-refractivity contribution is 6.18. The van der Waals surface area contributed by atoms with Gasteiger partial charge in [-0.15, -0.1) is 11.6 Å². The summed E-state index contributed by atoms with van der Waals surface area (Å²) in [5.41, 5.74) is 1.30. The number of rotatable bonds is 5. The molecule has 2 unspecified atom stereocenters. The van der Waals surface area contributed by atoms with Gasteiger partial charge in [-0.05, 0) is 30.7 Å². The highest BCUT2D eigenvalue weighted by Gasteiger charge is 2.47. The van der Waals surface area contributed by atoms with E-state index >= 15 is 0 Å². The van der Waals surface area contributed by atoms with Gasteiger partial charge in [0.05, 0.1) is 0 Å². The molecule has 2 aliphatic rings. The molecule has 0 spiro atoms. The number of carbonyl (C=O) groups excluding carboxylic acids is 1. The summed E-state index contributed by atoms with van der Waals surface area (Å²) < 4.78 is 0. The van der Waals surface area contributed by atoms with Crippen molar-refractivity contribution in [1.82, 2.24) is 4.90 Å². The molecular formula is C15H18ClNO. The second-order valence-electron chi connectivity index (χ2n) is 5.31. The minimum absolute atomic E-state index is 0.205. The predicted octanol–water partition coefficient (Wildman–Crippen LogP) is 3.02. The Kier molecular flexibility index (Phi) is 3.29. The standard InChI is InChI=1S/C15H18ClNO/c16-8-9-17(12-6-7-12)15(18)14-10-13(14)11-4-2-1-3-5-11/h1-5,12-14H,6-10H2. The SMILES string of the molecule is O=C(C1CC1c1ccccc1)N(CCCl)C1CC1. The van der Waals surface area contributed by atoms with E-state index < -0.39 is 0 Å². The normalized spacial score (nSPS) is 25.8. The first-order chi connectivity index (χ1) is 8.81. The van der Waals surface area contributed by atoms with E-state index in [1.807, 2.05) is 23.1 Å². The molecule has 0 heterocycles. The number of hydrogen-bond donors (Lipinski definition) is 0. The molecule has 2 saturated carbocycles. The van der Waals surface area contributed by atoms with Crippen LogP contribution < -0.4 is 0 Å². The number of amides is 1. The molecule has 0 aromatic heterocycles. The Morgan fingerprint density at radius 1 is 1.28 bits per heavy atom. The lowest BCUT2D eigenvalue weighted by Crippen LogP contribution is -2.36. The quantitative estimate of drug-likeness (QED) is 0.748. The molecule has 1 aromatic rings. The molecule has 96 valence electrons. The van der Waals surface area contributed by atoms with Crippen LogP contribution in [-0.2, 0) is 4.79 Å². The molecule has 3 rings (SSSR count). The molecule has 0 radical (unpaired) electrons. The van der Waals surface area contributed by atoms with Gasteiger partial charge in [0.2, 0.25) is 5.91 Å². The number of hydrogen-bond acceptors (Lipinski definition) is 1. The Morgan fingerprint density at radius 2 is 2.00 bits per heavy atom. The maximum atomic E-state index is 12.4. The highest BCUT2D eigenvalue weighted by atomic mass is 35.5. The Hall–Kier alpha value is -1.02. The molecule has 0 N–H and O–H groups in total. The predicted molar refractivity (Wildman–Crippen MR) is 72.7 cm³/mol. The summed E-state index contributed by atoms with van der Waals surface area (Å²) in [6, 6.07) is 10.8. The zero-order valence-corrected chi connectivity index (χ0v) is 11.1. The van der Waals surface area contributed by atoms with Crippen molar-refractivity contribution < 1.29 is 4.79 Å². The van der Waals surface area contributed by atoms with Gasteiger partial charge >= 0.3 is 0 Å². The van der Waals surface area contributed by atoms with E-state index in [1.165, 1.54) is 5.56 Å². The largest absolute Gasteiger partial charge is 0.338 e. The molecule has 2 atom stereocenters. The molecule has 0 saturated heterocycles. The topological polar surface area (TPSA) is 20.3 Å². The lowest BCUT2D eigenvalue weighted by Gasteiger charge is -2.21. The molecule has 1 aromatic carbocycles. The summed E-state index contributed by atoms with van der Waals surface area (Å²) >= 11 is 5.80. The summed E-state index contributed by atoms with van der Waals surface area (Å²) in [5, 5.41) is 0. The van der Waals surface area contributed by atoms with Crippen LogP contribution in [0.15, 0.2) is 30.3 Å². The van der Waals surface area contributed by atoms with Crippen LogP contribution in [0.5, 0.6) is 0 Å². The number of benzene rings is 1. The fourth-order valence-electron chi connectivity index (χ4n) is 2.70. The molecule has 3 heteroatoms. The van der Waals surface area contributed by atoms with Crippen LogP contribution in [0.25, 0.3) is 0 Å². The van der Waals surface area contributed by atoms with Gasteiger partial charge in [-0.1, -0.05) is 30.3 Å². The smallest absolute Gasteiger partial charge is 0.226 e. The minimum atomic E-state index is 0.205. The highest BCUT2D eigenvalue weighted by Crippen LogP contribution is 2.49. The second kappa shape index (κ2) is 4.93. The second-order valence-corrected chi connectivity index (χ2v) is 5.69. The van der Waals surface area contributed by atoms with Gasteiger partial charge in [0.1, 0.15) is 0 Å².